The minimum absolute atomic E-state index is 0.133. The number of benzene rings is 1. The molecule has 0 aliphatic rings. The van der Waals surface area contributed by atoms with E-state index in [0.717, 1.165) is 20.9 Å². The van der Waals surface area contributed by atoms with Gasteiger partial charge in [0.1, 0.15) is 17.2 Å². The van der Waals surface area contributed by atoms with Gasteiger partial charge in [-0.25, -0.2) is 9.37 Å². The number of aryl methyl sites for hydroxylation is 1. The molecular weight excluding hydrogens is 409 g/mol. The van der Waals surface area contributed by atoms with Crippen molar-refractivity contribution in [2.24, 2.45) is 0 Å². The molecule has 0 saturated carbocycles. The number of carbonyl (C=O) groups is 1. The lowest BCUT2D eigenvalue weighted by Gasteiger charge is -2.15. The number of halogens is 1. The SMILES string of the molecule is Cc1ccc(-c2csc3ncn(CC(=O)NC(C)c4ccc(F)cc4)c(=O)c23)s1. The molecule has 1 amide bonds. The molecule has 8 heteroatoms. The molecule has 0 spiro atoms. The number of nitrogens with zero attached hydrogens (tertiary/aromatic N) is 2. The highest BCUT2D eigenvalue weighted by Gasteiger charge is 2.16. The third-order valence-corrected chi connectivity index (χ3v) is 6.55. The summed E-state index contributed by atoms with van der Waals surface area (Å²) in [5.74, 6) is -0.639. The molecule has 4 rings (SSSR count). The fourth-order valence-corrected chi connectivity index (χ4v) is 4.98. The van der Waals surface area contributed by atoms with Gasteiger partial charge in [-0.2, -0.15) is 0 Å². The standard InChI is InChI=1S/C21H18FN3O2S2/c1-12-3-8-17(29-12)16-10-28-20-19(16)21(27)25(11-23-20)9-18(26)24-13(2)14-4-6-15(22)7-5-14/h3-8,10-11,13H,9H2,1-2H3,(H,24,26). The van der Waals surface area contributed by atoms with E-state index in [1.807, 2.05) is 31.4 Å². The highest BCUT2D eigenvalue weighted by atomic mass is 32.1. The maximum atomic E-state index is 13.1. The van der Waals surface area contributed by atoms with Gasteiger partial charge in [-0.1, -0.05) is 12.1 Å². The van der Waals surface area contributed by atoms with Crippen LogP contribution in [0.15, 0.2) is 52.9 Å². The van der Waals surface area contributed by atoms with E-state index >= 15 is 0 Å². The molecule has 1 atom stereocenters. The van der Waals surface area contributed by atoms with Crippen LogP contribution in [0.1, 0.15) is 23.4 Å². The number of fused-ring (bicyclic) bond motifs is 1. The van der Waals surface area contributed by atoms with Gasteiger partial charge in [-0.05, 0) is 43.7 Å². The molecule has 0 radical (unpaired) electrons. The predicted octanol–water partition coefficient (Wildman–Crippen LogP) is 4.51. The molecule has 3 aromatic heterocycles. The molecule has 1 unspecified atom stereocenters. The molecule has 4 aromatic rings. The lowest BCUT2D eigenvalue weighted by Crippen LogP contribution is -2.33. The molecule has 0 fully saturated rings. The molecule has 3 heterocycles. The number of hydrogen-bond acceptors (Lipinski definition) is 5. The van der Waals surface area contributed by atoms with Crippen LogP contribution in [0.5, 0.6) is 0 Å². The number of thiophene rings is 2. The maximum Gasteiger partial charge on any atom is 0.263 e. The van der Waals surface area contributed by atoms with Crippen LogP contribution in [0.4, 0.5) is 4.39 Å². The number of nitrogens with one attached hydrogen (secondary N) is 1. The summed E-state index contributed by atoms with van der Waals surface area (Å²) in [5.41, 5.74) is 1.41. The Morgan fingerprint density at radius 2 is 2.00 bits per heavy atom. The summed E-state index contributed by atoms with van der Waals surface area (Å²) in [6.45, 7) is 3.70. The number of carbonyl (C=O) groups excluding carboxylic acids is 1. The second-order valence-electron chi connectivity index (χ2n) is 6.76. The molecule has 0 aliphatic carbocycles. The average Bonchev–Trinajstić information content (AvgIpc) is 3.31. The Morgan fingerprint density at radius 3 is 2.69 bits per heavy atom. The molecule has 1 N–H and O–H groups in total. The van der Waals surface area contributed by atoms with Gasteiger partial charge < -0.3 is 5.32 Å². The quantitative estimate of drug-likeness (QED) is 0.510. The van der Waals surface area contributed by atoms with Crippen LogP contribution in [-0.2, 0) is 11.3 Å². The van der Waals surface area contributed by atoms with Crippen molar-refractivity contribution in [3.63, 3.8) is 0 Å². The largest absolute Gasteiger partial charge is 0.348 e. The number of aromatic nitrogens is 2. The van der Waals surface area contributed by atoms with Crippen LogP contribution in [0.3, 0.4) is 0 Å². The Bertz CT molecular complexity index is 1240. The Morgan fingerprint density at radius 1 is 1.24 bits per heavy atom. The van der Waals surface area contributed by atoms with Crippen LogP contribution < -0.4 is 10.9 Å². The molecular formula is C21H18FN3O2S2. The molecule has 0 bridgehead atoms. The lowest BCUT2D eigenvalue weighted by atomic mass is 10.1. The van der Waals surface area contributed by atoms with Crippen LogP contribution in [0, 0.1) is 12.7 Å². The van der Waals surface area contributed by atoms with E-state index in [1.54, 1.807) is 23.5 Å². The molecule has 148 valence electrons. The van der Waals surface area contributed by atoms with Crippen LogP contribution in [0.2, 0.25) is 0 Å². The minimum Gasteiger partial charge on any atom is -0.348 e. The zero-order chi connectivity index (χ0) is 20.5. The topological polar surface area (TPSA) is 64.0 Å². The van der Waals surface area contributed by atoms with Crippen molar-refractivity contribution >= 4 is 38.8 Å². The fraction of sp³-hybridized carbons (Fsp3) is 0.190. The zero-order valence-corrected chi connectivity index (χ0v) is 17.4. The third-order valence-electron chi connectivity index (χ3n) is 4.63. The van der Waals surface area contributed by atoms with Crippen molar-refractivity contribution in [2.75, 3.05) is 0 Å². The Hall–Kier alpha value is -2.84. The Labute approximate surface area is 174 Å². The second kappa shape index (κ2) is 7.88. The van der Waals surface area contributed by atoms with Gasteiger partial charge in [0.25, 0.3) is 5.56 Å². The van der Waals surface area contributed by atoms with Gasteiger partial charge in [0.2, 0.25) is 5.91 Å². The highest BCUT2D eigenvalue weighted by molar-refractivity contribution is 7.19. The Balaban J connectivity index is 1.58. The second-order valence-corrected chi connectivity index (χ2v) is 8.90. The monoisotopic (exact) mass is 427 g/mol. The van der Waals surface area contributed by atoms with Gasteiger partial charge >= 0.3 is 0 Å². The van der Waals surface area contributed by atoms with E-state index in [0.29, 0.717) is 10.2 Å². The number of rotatable bonds is 5. The van der Waals surface area contributed by atoms with E-state index in [1.165, 1.54) is 34.4 Å². The van der Waals surface area contributed by atoms with Gasteiger partial charge in [0.05, 0.1) is 17.8 Å². The van der Waals surface area contributed by atoms with Crippen molar-refractivity contribution in [3.05, 3.63) is 74.7 Å². The summed E-state index contributed by atoms with van der Waals surface area (Å²) in [5, 5.41) is 5.32. The summed E-state index contributed by atoms with van der Waals surface area (Å²) in [6, 6.07) is 9.66. The smallest absolute Gasteiger partial charge is 0.263 e. The van der Waals surface area contributed by atoms with E-state index in [2.05, 4.69) is 10.3 Å². The van der Waals surface area contributed by atoms with E-state index < -0.39 is 0 Å². The van der Waals surface area contributed by atoms with Crippen molar-refractivity contribution in [1.82, 2.24) is 14.9 Å². The Kier molecular flexibility index (Phi) is 5.29. The fourth-order valence-electron chi connectivity index (χ4n) is 3.12. The first-order valence-corrected chi connectivity index (χ1v) is 10.7. The summed E-state index contributed by atoms with van der Waals surface area (Å²) < 4.78 is 14.4. The summed E-state index contributed by atoms with van der Waals surface area (Å²) in [7, 11) is 0. The summed E-state index contributed by atoms with van der Waals surface area (Å²) >= 11 is 3.04. The van der Waals surface area contributed by atoms with Gasteiger partial charge in [-0.3, -0.25) is 14.2 Å². The zero-order valence-electron chi connectivity index (χ0n) is 15.8. The van der Waals surface area contributed by atoms with Crippen LogP contribution in [0.25, 0.3) is 20.7 Å². The molecule has 5 nitrogen and oxygen atoms in total. The normalized spacial score (nSPS) is 12.2. The first-order valence-electron chi connectivity index (χ1n) is 9.00. The lowest BCUT2D eigenvalue weighted by molar-refractivity contribution is -0.122. The molecule has 1 aromatic carbocycles. The summed E-state index contributed by atoms with van der Waals surface area (Å²) in [6.07, 6.45) is 1.41. The first kappa shape index (κ1) is 19.5. The summed E-state index contributed by atoms with van der Waals surface area (Å²) in [4.78, 5) is 32.7. The highest BCUT2D eigenvalue weighted by Crippen LogP contribution is 2.34. The van der Waals surface area contributed by atoms with E-state index in [-0.39, 0.29) is 29.9 Å². The van der Waals surface area contributed by atoms with Crippen LogP contribution in [-0.4, -0.2) is 15.5 Å². The van der Waals surface area contributed by atoms with Gasteiger partial charge in [0.15, 0.2) is 0 Å². The number of amides is 1. The van der Waals surface area contributed by atoms with E-state index in [9.17, 15) is 14.0 Å². The third kappa shape index (κ3) is 3.99. The van der Waals surface area contributed by atoms with Crippen molar-refractivity contribution < 1.29 is 9.18 Å². The molecule has 29 heavy (non-hydrogen) atoms. The van der Waals surface area contributed by atoms with Crippen molar-refractivity contribution in [3.8, 4) is 10.4 Å². The van der Waals surface area contributed by atoms with E-state index in [4.69, 9.17) is 0 Å². The van der Waals surface area contributed by atoms with Crippen molar-refractivity contribution in [1.29, 1.82) is 0 Å². The first-order chi connectivity index (χ1) is 13.9. The van der Waals surface area contributed by atoms with Gasteiger partial charge in [0, 0.05) is 20.7 Å². The molecule has 0 aliphatic heterocycles. The predicted molar refractivity (Wildman–Crippen MR) is 115 cm³/mol. The van der Waals surface area contributed by atoms with Crippen molar-refractivity contribution in [2.45, 2.75) is 26.4 Å². The average molecular weight is 428 g/mol. The molecule has 0 saturated heterocycles. The maximum absolute atomic E-state index is 13.1. The number of hydrogen-bond donors (Lipinski definition) is 1. The van der Waals surface area contributed by atoms with Gasteiger partial charge in [-0.15, -0.1) is 22.7 Å². The van der Waals surface area contributed by atoms with Crippen LogP contribution >= 0.6 is 22.7 Å². The minimum atomic E-state index is -0.328.